The van der Waals surface area contributed by atoms with Crippen LogP contribution in [0.2, 0.25) is 0 Å². The van der Waals surface area contributed by atoms with Gasteiger partial charge in [-0.15, -0.1) is 0 Å². The van der Waals surface area contributed by atoms with Crippen LogP contribution < -0.4 is 0 Å². The summed E-state index contributed by atoms with van der Waals surface area (Å²) < 4.78 is 5.33. The van der Waals surface area contributed by atoms with Gasteiger partial charge in [0, 0.05) is 25.3 Å². The van der Waals surface area contributed by atoms with Crippen molar-refractivity contribution in [3.05, 3.63) is 0 Å². The van der Waals surface area contributed by atoms with Crippen LogP contribution in [0.3, 0.4) is 0 Å². The van der Waals surface area contributed by atoms with Gasteiger partial charge < -0.3 is 9.64 Å². The molecule has 4 heteroatoms. The number of carbonyl (C=O) groups excluding carboxylic acids is 1. The molecule has 1 unspecified atom stereocenters. The molecule has 0 N–H and O–H groups in total. The lowest BCUT2D eigenvalue weighted by molar-refractivity contribution is -0.131. The van der Waals surface area contributed by atoms with Gasteiger partial charge in [-0.1, -0.05) is 6.92 Å². The van der Waals surface area contributed by atoms with Crippen molar-refractivity contribution in [3.8, 4) is 0 Å². The number of hydrogen-bond donors (Lipinski definition) is 1. The molecule has 1 fully saturated rings. The molecule has 88 valence electrons. The molecule has 1 amide bonds. The van der Waals surface area contributed by atoms with E-state index in [9.17, 15) is 4.79 Å². The molecule has 1 aliphatic rings. The Bertz CT molecular complexity index is 199. The molecule has 1 aliphatic heterocycles. The van der Waals surface area contributed by atoms with Gasteiger partial charge in [0.2, 0.25) is 5.91 Å². The Morgan fingerprint density at radius 1 is 1.47 bits per heavy atom. The Balaban J connectivity index is 2.23. The van der Waals surface area contributed by atoms with Crippen molar-refractivity contribution in [2.75, 3.05) is 32.1 Å². The van der Waals surface area contributed by atoms with Gasteiger partial charge >= 0.3 is 0 Å². The Morgan fingerprint density at radius 2 is 2.27 bits per heavy atom. The molecule has 0 saturated carbocycles. The fourth-order valence-corrected chi connectivity index (χ4v) is 1.88. The molecule has 15 heavy (non-hydrogen) atoms. The van der Waals surface area contributed by atoms with E-state index in [1.807, 2.05) is 4.90 Å². The van der Waals surface area contributed by atoms with Gasteiger partial charge in [-0.3, -0.25) is 4.79 Å². The highest BCUT2D eigenvalue weighted by atomic mass is 32.1. The summed E-state index contributed by atoms with van der Waals surface area (Å²) in [6, 6.07) is 0. The van der Waals surface area contributed by atoms with E-state index in [4.69, 9.17) is 4.74 Å². The lowest BCUT2D eigenvalue weighted by Gasteiger charge is -2.20. The standard InChI is InChI=1S/C11H21NO2S/c1-10-2-3-11(13)12(5-4-10)6-7-14-8-9-15/h10,15H,2-9H2,1H3. The van der Waals surface area contributed by atoms with E-state index in [1.54, 1.807) is 0 Å². The number of nitrogens with zero attached hydrogens (tertiary/aromatic N) is 1. The number of carbonyl (C=O) groups is 1. The highest BCUT2D eigenvalue weighted by Crippen LogP contribution is 2.17. The van der Waals surface area contributed by atoms with Crippen LogP contribution in [0.1, 0.15) is 26.2 Å². The van der Waals surface area contributed by atoms with Gasteiger partial charge in [-0.25, -0.2) is 0 Å². The summed E-state index contributed by atoms with van der Waals surface area (Å²) in [6.07, 6.45) is 2.86. The molecule has 0 radical (unpaired) electrons. The molecular weight excluding hydrogens is 210 g/mol. The topological polar surface area (TPSA) is 29.5 Å². The summed E-state index contributed by atoms with van der Waals surface area (Å²) in [4.78, 5) is 13.6. The number of ether oxygens (including phenoxy) is 1. The third-order valence-electron chi connectivity index (χ3n) is 2.84. The SMILES string of the molecule is CC1CCC(=O)N(CCOCCS)CC1. The van der Waals surface area contributed by atoms with E-state index in [1.165, 1.54) is 0 Å². The van der Waals surface area contributed by atoms with Crippen molar-refractivity contribution in [3.63, 3.8) is 0 Å². The zero-order valence-corrected chi connectivity index (χ0v) is 10.3. The van der Waals surface area contributed by atoms with Crippen LogP contribution in [0.4, 0.5) is 0 Å². The Kier molecular flexibility index (Phi) is 6.10. The number of likely N-dealkylation sites (tertiary alicyclic amines) is 1. The molecular formula is C11H21NO2S. The van der Waals surface area contributed by atoms with E-state index in [0.29, 0.717) is 25.6 Å². The summed E-state index contributed by atoms with van der Waals surface area (Å²) in [5.41, 5.74) is 0. The van der Waals surface area contributed by atoms with Gasteiger partial charge in [-0.2, -0.15) is 12.6 Å². The zero-order valence-electron chi connectivity index (χ0n) is 9.45. The first-order chi connectivity index (χ1) is 7.24. The maximum atomic E-state index is 11.7. The maximum Gasteiger partial charge on any atom is 0.222 e. The van der Waals surface area contributed by atoms with E-state index in [2.05, 4.69) is 19.6 Å². The second-order valence-electron chi connectivity index (χ2n) is 4.15. The molecule has 0 aromatic rings. The van der Waals surface area contributed by atoms with Crippen LogP contribution in [-0.4, -0.2) is 42.9 Å². The third kappa shape index (κ3) is 4.89. The summed E-state index contributed by atoms with van der Waals surface area (Å²) in [5, 5.41) is 0. The minimum absolute atomic E-state index is 0.286. The van der Waals surface area contributed by atoms with E-state index >= 15 is 0 Å². The average molecular weight is 231 g/mol. The van der Waals surface area contributed by atoms with Crippen molar-refractivity contribution in [2.45, 2.75) is 26.2 Å². The minimum Gasteiger partial charge on any atom is -0.379 e. The third-order valence-corrected chi connectivity index (χ3v) is 3.02. The lowest BCUT2D eigenvalue weighted by atomic mass is 10.0. The van der Waals surface area contributed by atoms with E-state index in [-0.39, 0.29) is 5.91 Å². The normalized spacial score (nSPS) is 22.9. The van der Waals surface area contributed by atoms with Gasteiger partial charge in [0.25, 0.3) is 0 Å². The largest absolute Gasteiger partial charge is 0.379 e. The smallest absolute Gasteiger partial charge is 0.222 e. The second kappa shape index (κ2) is 7.12. The summed E-state index contributed by atoms with van der Waals surface area (Å²) in [7, 11) is 0. The van der Waals surface area contributed by atoms with Crippen LogP contribution in [0.25, 0.3) is 0 Å². The fraction of sp³-hybridized carbons (Fsp3) is 0.909. The first-order valence-corrected chi connectivity index (χ1v) is 6.33. The van der Waals surface area contributed by atoms with Gasteiger partial charge in [0.1, 0.15) is 0 Å². The van der Waals surface area contributed by atoms with Gasteiger partial charge in [0.15, 0.2) is 0 Å². The van der Waals surface area contributed by atoms with E-state index in [0.717, 1.165) is 31.7 Å². The van der Waals surface area contributed by atoms with Crippen LogP contribution in [0.15, 0.2) is 0 Å². The molecule has 1 heterocycles. The molecule has 0 bridgehead atoms. The fourth-order valence-electron chi connectivity index (χ4n) is 1.75. The lowest BCUT2D eigenvalue weighted by Crippen LogP contribution is -2.33. The average Bonchev–Trinajstić information content (AvgIpc) is 2.38. The van der Waals surface area contributed by atoms with Crippen LogP contribution in [-0.2, 0) is 9.53 Å². The first kappa shape index (κ1) is 12.8. The van der Waals surface area contributed by atoms with Crippen molar-refractivity contribution in [1.29, 1.82) is 0 Å². The molecule has 1 saturated heterocycles. The number of amides is 1. The number of rotatable bonds is 5. The molecule has 0 aliphatic carbocycles. The van der Waals surface area contributed by atoms with Crippen molar-refractivity contribution < 1.29 is 9.53 Å². The maximum absolute atomic E-state index is 11.7. The van der Waals surface area contributed by atoms with Gasteiger partial charge in [-0.05, 0) is 18.8 Å². The quantitative estimate of drug-likeness (QED) is 0.575. The molecule has 0 spiro atoms. The summed E-state index contributed by atoms with van der Waals surface area (Å²) in [5.74, 6) is 1.71. The van der Waals surface area contributed by atoms with Crippen molar-refractivity contribution in [1.82, 2.24) is 4.90 Å². The zero-order chi connectivity index (χ0) is 11.1. The molecule has 0 aromatic heterocycles. The van der Waals surface area contributed by atoms with Crippen molar-refractivity contribution >= 4 is 18.5 Å². The van der Waals surface area contributed by atoms with Crippen LogP contribution >= 0.6 is 12.6 Å². The Labute approximate surface area is 97.6 Å². The summed E-state index contributed by atoms with van der Waals surface area (Å²) >= 11 is 4.06. The van der Waals surface area contributed by atoms with E-state index < -0.39 is 0 Å². The molecule has 1 rings (SSSR count). The second-order valence-corrected chi connectivity index (χ2v) is 4.60. The minimum atomic E-state index is 0.286. The summed E-state index contributed by atoms with van der Waals surface area (Å²) in [6.45, 7) is 5.15. The Morgan fingerprint density at radius 3 is 3.00 bits per heavy atom. The molecule has 1 atom stereocenters. The Hall–Kier alpha value is -0.220. The predicted molar refractivity (Wildman–Crippen MR) is 64.3 cm³/mol. The molecule has 3 nitrogen and oxygen atoms in total. The highest BCUT2D eigenvalue weighted by Gasteiger charge is 2.19. The van der Waals surface area contributed by atoms with Crippen molar-refractivity contribution in [2.24, 2.45) is 5.92 Å². The van der Waals surface area contributed by atoms with Crippen LogP contribution in [0, 0.1) is 5.92 Å². The molecule has 0 aromatic carbocycles. The first-order valence-electron chi connectivity index (χ1n) is 5.70. The highest BCUT2D eigenvalue weighted by molar-refractivity contribution is 7.80. The van der Waals surface area contributed by atoms with Gasteiger partial charge in [0.05, 0.1) is 13.2 Å². The monoisotopic (exact) mass is 231 g/mol. The number of thiol groups is 1. The number of hydrogen-bond acceptors (Lipinski definition) is 3. The van der Waals surface area contributed by atoms with Crippen LogP contribution in [0.5, 0.6) is 0 Å². The predicted octanol–water partition coefficient (Wildman–Crippen LogP) is 1.58.